The van der Waals surface area contributed by atoms with Crippen LogP contribution < -0.4 is 20.1 Å². The summed E-state index contributed by atoms with van der Waals surface area (Å²) >= 11 is 0. The van der Waals surface area contributed by atoms with Gasteiger partial charge in [-0.2, -0.15) is 0 Å². The number of benzene rings is 2. The molecule has 5 heteroatoms. The molecule has 2 amide bonds. The number of ether oxygens (including phenoxy) is 2. The van der Waals surface area contributed by atoms with Crippen molar-refractivity contribution in [3.8, 4) is 11.5 Å². The van der Waals surface area contributed by atoms with Crippen molar-refractivity contribution >= 4 is 11.7 Å². The molecule has 0 fully saturated rings. The predicted octanol–water partition coefficient (Wildman–Crippen LogP) is 4.17. The molecule has 0 bridgehead atoms. The summed E-state index contributed by atoms with van der Waals surface area (Å²) in [4.78, 5) is 12.0. The minimum absolute atomic E-state index is 0.0910. The van der Waals surface area contributed by atoms with Gasteiger partial charge in [-0.15, -0.1) is 0 Å². The highest BCUT2D eigenvalue weighted by Crippen LogP contribution is 2.25. The number of urea groups is 1. The summed E-state index contributed by atoms with van der Waals surface area (Å²) in [5.74, 6) is 1.45. The number of carbonyl (C=O) groups excluding carboxylic acids is 1. The Morgan fingerprint density at radius 1 is 1.00 bits per heavy atom. The molecule has 0 aliphatic carbocycles. The lowest BCUT2D eigenvalue weighted by atomic mass is 10.1. The Morgan fingerprint density at radius 3 is 2.46 bits per heavy atom. The molecule has 0 aliphatic heterocycles. The molecule has 0 atom stereocenters. The zero-order valence-electron chi connectivity index (χ0n) is 14.6. The molecule has 0 saturated heterocycles. The van der Waals surface area contributed by atoms with Crippen molar-refractivity contribution in [3.05, 3.63) is 53.1 Å². The fraction of sp³-hybridized carbons (Fsp3) is 0.316. The minimum atomic E-state index is -0.342. The molecule has 2 N–H and O–H groups in total. The summed E-state index contributed by atoms with van der Waals surface area (Å²) in [6, 6.07) is 11.0. The molecule has 0 radical (unpaired) electrons. The summed E-state index contributed by atoms with van der Waals surface area (Å²) in [5, 5.41) is 5.46. The predicted molar refractivity (Wildman–Crippen MR) is 95.9 cm³/mol. The Balaban J connectivity index is 1.92. The quantitative estimate of drug-likeness (QED) is 0.783. The Bertz CT molecular complexity index is 714. The van der Waals surface area contributed by atoms with Gasteiger partial charge >= 0.3 is 6.03 Å². The molecule has 2 aromatic rings. The van der Waals surface area contributed by atoms with Crippen LogP contribution in [0.25, 0.3) is 0 Å². The summed E-state index contributed by atoms with van der Waals surface area (Å²) in [6.07, 6.45) is 0. The topological polar surface area (TPSA) is 59.6 Å². The first-order valence-corrected chi connectivity index (χ1v) is 7.99. The first kappa shape index (κ1) is 17.7. The Labute approximate surface area is 143 Å². The average molecular weight is 328 g/mol. The number of nitrogens with one attached hydrogen (secondary N) is 2. The normalized spacial score (nSPS) is 10.2. The third-order valence-electron chi connectivity index (χ3n) is 3.76. The van der Waals surface area contributed by atoms with Gasteiger partial charge in [0.1, 0.15) is 11.5 Å². The van der Waals surface area contributed by atoms with Crippen molar-refractivity contribution in [2.45, 2.75) is 27.7 Å². The van der Waals surface area contributed by atoms with Gasteiger partial charge in [0.2, 0.25) is 0 Å². The van der Waals surface area contributed by atoms with Crippen LogP contribution in [0.2, 0.25) is 0 Å². The van der Waals surface area contributed by atoms with E-state index >= 15 is 0 Å². The highest BCUT2D eigenvalue weighted by molar-refractivity contribution is 5.90. The monoisotopic (exact) mass is 328 g/mol. The van der Waals surface area contributed by atoms with E-state index in [4.69, 9.17) is 9.47 Å². The third-order valence-corrected chi connectivity index (χ3v) is 3.76. The van der Waals surface area contributed by atoms with Gasteiger partial charge in [-0.3, -0.25) is 0 Å². The fourth-order valence-electron chi connectivity index (χ4n) is 2.34. The van der Waals surface area contributed by atoms with Crippen LogP contribution in [0.3, 0.4) is 0 Å². The molecular weight excluding hydrogens is 304 g/mol. The molecule has 0 spiro atoms. The van der Waals surface area contributed by atoms with Gasteiger partial charge in [-0.1, -0.05) is 24.3 Å². The second-order valence-electron chi connectivity index (χ2n) is 5.50. The fourth-order valence-corrected chi connectivity index (χ4v) is 2.34. The van der Waals surface area contributed by atoms with Crippen LogP contribution in [-0.2, 0) is 0 Å². The van der Waals surface area contributed by atoms with E-state index in [0.29, 0.717) is 18.0 Å². The van der Waals surface area contributed by atoms with E-state index in [1.54, 1.807) is 6.07 Å². The summed E-state index contributed by atoms with van der Waals surface area (Å²) < 4.78 is 11.2. The van der Waals surface area contributed by atoms with Crippen molar-refractivity contribution in [2.24, 2.45) is 0 Å². The average Bonchev–Trinajstić information content (AvgIpc) is 2.56. The molecule has 0 heterocycles. The van der Waals surface area contributed by atoms with Crippen molar-refractivity contribution in [1.29, 1.82) is 0 Å². The van der Waals surface area contributed by atoms with Crippen LogP contribution in [0.5, 0.6) is 11.5 Å². The summed E-state index contributed by atoms with van der Waals surface area (Å²) in [7, 11) is 0. The van der Waals surface area contributed by atoms with Crippen LogP contribution >= 0.6 is 0 Å². The van der Waals surface area contributed by atoms with E-state index in [1.807, 2.05) is 52.0 Å². The number of carbonyl (C=O) groups is 1. The lowest BCUT2D eigenvalue weighted by Gasteiger charge is -2.15. The van der Waals surface area contributed by atoms with Crippen LogP contribution in [0.15, 0.2) is 36.4 Å². The first-order valence-electron chi connectivity index (χ1n) is 7.99. The van der Waals surface area contributed by atoms with E-state index in [2.05, 4.69) is 16.7 Å². The Morgan fingerprint density at radius 2 is 1.71 bits per heavy atom. The minimum Gasteiger partial charge on any atom is -0.492 e. The maximum absolute atomic E-state index is 12.0. The summed E-state index contributed by atoms with van der Waals surface area (Å²) in [6.45, 7) is 8.56. The van der Waals surface area contributed by atoms with Gasteiger partial charge < -0.3 is 20.1 Å². The number of para-hydroxylation sites is 2. The molecule has 0 aliphatic rings. The molecule has 0 aromatic heterocycles. The van der Waals surface area contributed by atoms with E-state index in [0.717, 1.165) is 22.4 Å². The van der Waals surface area contributed by atoms with E-state index in [9.17, 15) is 4.79 Å². The van der Waals surface area contributed by atoms with Crippen molar-refractivity contribution in [2.75, 3.05) is 18.7 Å². The van der Waals surface area contributed by atoms with Crippen molar-refractivity contribution in [1.82, 2.24) is 5.32 Å². The van der Waals surface area contributed by atoms with Gasteiger partial charge in [0, 0.05) is 0 Å². The lowest BCUT2D eigenvalue weighted by Crippen LogP contribution is -2.32. The molecule has 0 unspecified atom stereocenters. The molecule has 2 rings (SSSR count). The van der Waals surface area contributed by atoms with Crippen LogP contribution in [-0.4, -0.2) is 19.4 Å². The van der Waals surface area contributed by atoms with Crippen molar-refractivity contribution < 1.29 is 14.3 Å². The lowest BCUT2D eigenvalue weighted by molar-refractivity contribution is 0.233. The number of rotatable bonds is 6. The molecule has 5 nitrogen and oxygen atoms in total. The maximum Gasteiger partial charge on any atom is 0.321 e. The zero-order chi connectivity index (χ0) is 17.5. The number of anilines is 1. The van der Waals surface area contributed by atoms with E-state index < -0.39 is 0 Å². The van der Waals surface area contributed by atoms with Crippen LogP contribution in [0, 0.1) is 20.8 Å². The number of hydrogen-bond acceptors (Lipinski definition) is 3. The van der Waals surface area contributed by atoms with E-state index in [-0.39, 0.29) is 12.8 Å². The largest absolute Gasteiger partial charge is 0.492 e. The molecular formula is C19H24N2O3. The van der Waals surface area contributed by atoms with Crippen LogP contribution in [0.1, 0.15) is 23.6 Å². The SMILES string of the molecule is CCOc1ccccc1NC(=O)NCOc1c(C)ccc(C)c1C. The molecule has 0 saturated carbocycles. The van der Waals surface area contributed by atoms with Gasteiger partial charge in [-0.05, 0) is 56.5 Å². The van der Waals surface area contributed by atoms with Crippen molar-refractivity contribution in [3.63, 3.8) is 0 Å². The standard InChI is InChI=1S/C19H24N2O3/c1-5-23-17-9-7-6-8-16(17)21-19(22)20-12-24-18-14(3)11-10-13(2)15(18)4/h6-11H,5,12H2,1-4H3,(H2,20,21,22). The second kappa shape index (κ2) is 8.24. The number of amides is 2. The summed E-state index contributed by atoms with van der Waals surface area (Å²) in [5.41, 5.74) is 3.91. The molecule has 2 aromatic carbocycles. The maximum atomic E-state index is 12.0. The molecule has 128 valence electrons. The molecule has 24 heavy (non-hydrogen) atoms. The Hall–Kier alpha value is -2.69. The van der Waals surface area contributed by atoms with E-state index in [1.165, 1.54) is 0 Å². The highest BCUT2D eigenvalue weighted by Gasteiger charge is 2.09. The first-order chi connectivity index (χ1) is 11.5. The zero-order valence-corrected chi connectivity index (χ0v) is 14.6. The van der Waals surface area contributed by atoms with Gasteiger partial charge in [-0.25, -0.2) is 4.79 Å². The second-order valence-corrected chi connectivity index (χ2v) is 5.50. The van der Waals surface area contributed by atoms with Gasteiger partial charge in [0.15, 0.2) is 6.73 Å². The number of hydrogen-bond donors (Lipinski definition) is 2. The highest BCUT2D eigenvalue weighted by atomic mass is 16.5. The van der Waals surface area contributed by atoms with Gasteiger partial charge in [0.05, 0.1) is 12.3 Å². The Kier molecular flexibility index (Phi) is 6.07. The smallest absolute Gasteiger partial charge is 0.321 e. The number of aryl methyl sites for hydroxylation is 2. The van der Waals surface area contributed by atoms with Crippen LogP contribution in [0.4, 0.5) is 10.5 Å². The van der Waals surface area contributed by atoms with Gasteiger partial charge in [0.25, 0.3) is 0 Å². The third kappa shape index (κ3) is 4.41.